The maximum atomic E-state index is 12.6. The lowest BCUT2D eigenvalue weighted by Crippen LogP contribution is -2.42. The van der Waals surface area contributed by atoms with E-state index in [1.54, 1.807) is 4.90 Å². The highest BCUT2D eigenvalue weighted by atomic mass is 16.6. The van der Waals surface area contributed by atoms with Crippen molar-refractivity contribution in [2.24, 2.45) is 0 Å². The zero-order valence-corrected chi connectivity index (χ0v) is 19.8. The molecule has 1 aliphatic rings. The predicted molar refractivity (Wildman–Crippen MR) is 133 cm³/mol. The van der Waals surface area contributed by atoms with Gasteiger partial charge in [-0.05, 0) is 70.0 Å². The number of carbonyl (C=O) groups is 1. The van der Waals surface area contributed by atoms with Crippen LogP contribution in [0.15, 0.2) is 60.8 Å². The van der Waals surface area contributed by atoms with Gasteiger partial charge in [-0.2, -0.15) is 0 Å². The molecular weight excluding hydrogens is 428 g/mol. The van der Waals surface area contributed by atoms with Gasteiger partial charge in [0.25, 0.3) is 5.82 Å². The molecule has 2 N–H and O–H groups in total. The molecule has 1 aromatic heterocycles. The third-order valence-corrected chi connectivity index (χ3v) is 5.76. The number of rotatable bonds is 4. The van der Waals surface area contributed by atoms with E-state index in [0.29, 0.717) is 30.3 Å². The molecule has 1 fully saturated rings. The van der Waals surface area contributed by atoms with Gasteiger partial charge in [-0.15, -0.1) is 0 Å². The van der Waals surface area contributed by atoms with Crippen molar-refractivity contribution >= 4 is 17.6 Å². The standard InChI is InChI=1S/C27H30N4O3/c1-27(2,3)34-26(32)30-16-8-9-19(17-30)23-18-31(25(29-4)24(23)28)20-12-14-22(15-13-20)33-21-10-6-5-7-11-21/h5-7,10-15,18-19H,8-9,16-17,28H2,1-3H3. The number of carbonyl (C=O) groups excluding carboxylic acids is 1. The molecule has 2 aromatic carbocycles. The molecule has 2 heterocycles. The van der Waals surface area contributed by atoms with Gasteiger partial charge in [0, 0.05) is 24.6 Å². The van der Waals surface area contributed by atoms with E-state index in [2.05, 4.69) is 4.85 Å². The molecular formula is C27H30N4O3. The van der Waals surface area contributed by atoms with Crippen molar-refractivity contribution in [3.63, 3.8) is 0 Å². The molecule has 1 aliphatic heterocycles. The van der Waals surface area contributed by atoms with E-state index >= 15 is 0 Å². The first kappa shape index (κ1) is 23.2. The molecule has 3 aromatic rings. The number of nitrogens with two attached hydrogens (primary N) is 1. The Balaban J connectivity index is 1.55. The Bertz CT molecular complexity index is 1190. The average molecular weight is 459 g/mol. The number of amides is 1. The van der Waals surface area contributed by atoms with Gasteiger partial charge in [0.15, 0.2) is 0 Å². The molecule has 1 unspecified atom stereocenters. The van der Waals surface area contributed by atoms with Crippen LogP contribution in [0.2, 0.25) is 0 Å². The molecule has 1 atom stereocenters. The van der Waals surface area contributed by atoms with E-state index in [4.69, 9.17) is 21.8 Å². The number of para-hydroxylation sites is 1. The molecule has 34 heavy (non-hydrogen) atoms. The summed E-state index contributed by atoms with van der Waals surface area (Å²) in [6.45, 7) is 14.5. The molecule has 0 saturated carbocycles. The van der Waals surface area contributed by atoms with Crippen LogP contribution in [0.4, 0.5) is 16.3 Å². The van der Waals surface area contributed by atoms with Crippen LogP contribution in [0.5, 0.6) is 11.5 Å². The first-order valence-corrected chi connectivity index (χ1v) is 11.4. The third-order valence-electron chi connectivity index (χ3n) is 5.76. The summed E-state index contributed by atoms with van der Waals surface area (Å²) in [7, 11) is 0. The van der Waals surface area contributed by atoms with Crippen LogP contribution < -0.4 is 10.5 Å². The van der Waals surface area contributed by atoms with Gasteiger partial charge < -0.3 is 25.0 Å². The highest BCUT2D eigenvalue weighted by Gasteiger charge is 2.31. The first-order valence-electron chi connectivity index (χ1n) is 11.4. The summed E-state index contributed by atoms with van der Waals surface area (Å²) in [5.74, 6) is 1.89. The maximum Gasteiger partial charge on any atom is 0.410 e. The van der Waals surface area contributed by atoms with Gasteiger partial charge in [-0.3, -0.25) is 4.57 Å². The summed E-state index contributed by atoms with van der Waals surface area (Å²) in [5, 5.41) is 0. The number of hydrogen-bond acceptors (Lipinski definition) is 4. The molecule has 0 spiro atoms. The summed E-state index contributed by atoms with van der Waals surface area (Å²) in [6.07, 6.45) is 3.37. The van der Waals surface area contributed by atoms with E-state index in [0.717, 1.165) is 29.8 Å². The Morgan fingerprint density at radius 1 is 1.09 bits per heavy atom. The topological polar surface area (TPSA) is 74.1 Å². The normalized spacial score (nSPS) is 16.1. The second-order valence-corrected chi connectivity index (χ2v) is 9.48. The van der Waals surface area contributed by atoms with Crippen LogP contribution in [0, 0.1) is 6.57 Å². The van der Waals surface area contributed by atoms with Crippen molar-refractivity contribution in [1.29, 1.82) is 0 Å². The second kappa shape index (κ2) is 9.52. The zero-order valence-electron chi connectivity index (χ0n) is 19.8. The number of benzene rings is 2. The number of nitrogens with zero attached hydrogens (tertiary/aromatic N) is 3. The summed E-state index contributed by atoms with van der Waals surface area (Å²) < 4.78 is 13.2. The van der Waals surface area contributed by atoms with Gasteiger partial charge in [-0.25, -0.2) is 4.79 Å². The fourth-order valence-electron chi connectivity index (χ4n) is 4.19. The number of nitrogen functional groups attached to an aromatic ring is 1. The van der Waals surface area contributed by atoms with Crippen LogP contribution >= 0.6 is 0 Å². The Hall–Kier alpha value is -3.92. The quantitative estimate of drug-likeness (QED) is 0.452. The highest BCUT2D eigenvalue weighted by molar-refractivity contribution is 5.73. The summed E-state index contributed by atoms with van der Waals surface area (Å²) in [6, 6.07) is 17.1. The molecule has 1 saturated heterocycles. The lowest BCUT2D eigenvalue weighted by atomic mass is 9.91. The number of ether oxygens (including phenoxy) is 2. The monoisotopic (exact) mass is 458 g/mol. The molecule has 0 aliphatic carbocycles. The fourth-order valence-corrected chi connectivity index (χ4v) is 4.19. The fraction of sp³-hybridized carbons (Fsp3) is 0.333. The smallest absolute Gasteiger partial charge is 0.410 e. The van der Waals surface area contributed by atoms with E-state index < -0.39 is 5.60 Å². The minimum Gasteiger partial charge on any atom is -0.457 e. The van der Waals surface area contributed by atoms with Crippen LogP contribution in [-0.4, -0.2) is 34.3 Å². The van der Waals surface area contributed by atoms with E-state index in [9.17, 15) is 4.79 Å². The second-order valence-electron chi connectivity index (χ2n) is 9.48. The maximum absolute atomic E-state index is 12.6. The van der Waals surface area contributed by atoms with Gasteiger partial charge in [0.1, 0.15) is 22.8 Å². The molecule has 1 amide bonds. The number of piperidine rings is 1. The van der Waals surface area contributed by atoms with E-state index in [-0.39, 0.29) is 12.0 Å². The highest BCUT2D eigenvalue weighted by Crippen LogP contribution is 2.39. The van der Waals surface area contributed by atoms with Crippen LogP contribution in [0.1, 0.15) is 45.1 Å². The number of anilines is 1. The summed E-state index contributed by atoms with van der Waals surface area (Å²) in [5.41, 5.74) is 8.09. The van der Waals surface area contributed by atoms with Crippen molar-refractivity contribution in [3.8, 4) is 17.2 Å². The predicted octanol–water partition coefficient (Wildman–Crippen LogP) is 6.52. The van der Waals surface area contributed by atoms with Gasteiger partial charge in [0.05, 0.1) is 11.9 Å². The minimum atomic E-state index is -0.542. The van der Waals surface area contributed by atoms with Crippen molar-refractivity contribution in [3.05, 3.63) is 77.8 Å². The first-order chi connectivity index (χ1) is 16.2. The Morgan fingerprint density at radius 3 is 2.41 bits per heavy atom. The average Bonchev–Trinajstić information content (AvgIpc) is 3.15. The van der Waals surface area contributed by atoms with Crippen molar-refractivity contribution < 1.29 is 14.3 Å². The molecule has 7 heteroatoms. The van der Waals surface area contributed by atoms with Gasteiger partial charge >= 0.3 is 6.09 Å². The number of hydrogen-bond donors (Lipinski definition) is 1. The number of likely N-dealkylation sites (tertiary alicyclic amines) is 1. The Morgan fingerprint density at radius 2 is 1.76 bits per heavy atom. The van der Waals surface area contributed by atoms with E-state index in [1.165, 1.54) is 0 Å². The SMILES string of the molecule is [C-]#[N+]c1c(N)c(C2CCCN(C(=O)OC(C)(C)C)C2)cn1-c1ccc(Oc2ccccc2)cc1. The molecule has 7 nitrogen and oxygen atoms in total. The summed E-state index contributed by atoms with van der Waals surface area (Å²) >= 11 is 0. The molecule has 176 valence electrons. The summed E-state index contributed by atoms with van der Waals surface area (Å²) in [4.78, 5) is 18.0. The Kier molecular flexibility index (Phi) is 6.51. The zero-order chi connectivity index (χ0) is 24.3. The van der Waals surface area contributed by atoms with E-state index in [1.807, 2.05) is 86.1 Å². The van der Waals surface area contributed by atoms with Crippen LogP contribution in [0.25, 0.3) is 10.5 Å². The van der Waals surface area contributed by atoms with Crippen LogP contribution in [-0.2, 0) is 4.74 Å². The number of aromatic nitrogens is 1. The van der Waals surface area contributed by atoms with Gasteiger partial charge in [-0.1, -0.05) is 24.8 Å². The third kappa shape index (κ3) is 5.18. The van der Waals surface area contributed by atoms with Crippen LogP contribution in [0.3, 0.4) is 0 Å². The molecule has 4 rings (SSSR count). The Labute approximate surface area is 200 Å². The van der Waals surface area contributed by atoms with Gasteiger partial charge in [0.2, 0.25) is 0 Å². The molecule has 0 bridgehead atoms. The molecule has 0 radical (unpaired) electrons. The largest absolute Gasteiger partial charge is 0.457 e. The minimum absolute atomic E-state index is 0.0451. The van der Waals surface area contributed by atoms with Crippen molar-refractivity contribution in [2.75, 3.05) is 18.8 Å². The van der Waals surface area contributed by atoms with Crippen molar-refractivity contribution in [2.45, 2.75) is 45.1 Å². The lowest BCUT2D eigenvalue weighted by molar-refractivity contribution is 0.0198. The lowest BCUT2D eigenvalue weighted by Gasteiger charge is -2.34. The van der Waals surface area contributed by atoms with Crippen molar-refractivity contribution in [1.82, 2.24) is 9.47 Å².